The summed E-state index contributed by atoms with van der Waals surface area (Å²) in [6, 6.07) is 15.4. The minimum absolute atomic E-state index is 0.120. The predicted molar refractivity (Wildman–Crippen MR) is 80.0 cm³/mol. The number of ketones is 1. The van der Waals surface area contributed by atoms with Gasteiger partial charge in [0.25, 0.3) is 0 Å². The summed E-state index contributed by atoms with van der Waals surface area (Å²) in [5.74, 6) is -0.209. The second-order valence-corrected chi connectivity index (χ2v) is 5.61. The number of furan rings is 1. The molecule has 0 fully saturated rings. The molecule has 0 saturated carbocycles. The van der Waals surface area contributed by atoms with Crippen LogP contribution in [0.2, 0.25) is 0 Å². The molecule has 0 amide bonds. The highest BCUT2D eigenvalue weighted by Gasteiger charge is 2.32. The molecule has 0 aliphatic heterocycles. The molecule has 0 spiro atoms. The fourth-order valence-electron chi connectivity index (χ4n) is 2.42. The van der Waals surface area contributed by atoms with Crippen molar-refractivity contribution in [3.8, 4) is 0 Å². The minimum atomic E-state index is -0.701. The third-order valence-electron chi connectivity index (χ3n) is 3.77. The maximum atomic E-state index is 13.2. The molecule has 0 unspecified atom stereocenters. The highest BCUT2D eigenvalue weighted by molar-refractivity contribution is 6.04. The van der Waals surface area contributed by atoms with Crippen LogP contribution in [0.25, 0.3) is 11.0 Å². The number of carbonyl (C=O) groups excluding carboxylic acids is 1. The van der Waals surface area contributed by atoms with E-state index in [-0.39, 0.29) is 17.4 Å². The fraction of sp³-hybridized carbons (Fsp3) is 0.167. The number of rotatable bonds is 3. The van der Waals surface area contributed by atoms with Crippen molar-refractivity contribution < 1.29 is 13.6 Å². The van der Waals surface area contributed by atoms with E-state index in [9.17, 15) is 9.18 Å². The molecule has 0 saturated heterocycles. The molecule has 1 aromatic heterocycles. The summed E-state index contributed by atoms with van der Waals surface area (Å²) >= 11 is 0. The van der Waals surface area contributed by atoms with Crippen LogP contribution in [-0.2, 0) is 5.41 Å². The first-order valence-corrected chi connectivity index (χ1v) is 6.78. The zero-order chi connectivity index (χ0) is 15.0. The van der Waals surface area contributed by atoms with Crippen LogP contribution < -0.4 is 0 Å². The van der Waals surface area contributed by atoms with Crippen LogP contribution in [0.4, 0.5) is 4.39 Å². The maximum absolute atomic E-state index is 13.2. The van der Waals surface area contributed by atoms with Crippen molar-refractivity contribution in [2.24, 2.45) is 0 Å². The molecule has 3 rings (SSSR count). The van der Waals surface area contributed by atoms with E-state index in [4.69, 9.17) is 4.42 Å². The summed E-state index contributed by atoms with van der Waals surface area (Å²) < 4.78 is 18.8. The van der Waals surface area contributed by atoms with Gasteiger partial charge in [0.1, 0.15) is 11.4 Å². The second kappa shape index (κ2) is 4.85. The van der Waals surface area contributed by atoms with Gasteiger partial charge in [-0.15, -0.1) is 0 Å². The lowest BCUT2D eigenvalue weighted by molar-refractivity contribution is 0.0882. The van der Waals surface area contributed by atoms with E-state index >= 15 is 0 Å². The molecular weight excluding hydrogens is 267 g/mol. The van der Waals surface area contributed by atoms with Gasteiger partial charge in [-0.25, -0.2) is 4.39 Å². The molecule has 3 heteroatoms. The second-order valence-electron chi connectivity index (χ2n) is 5.61. The standard InChI is InChI=1S/C18H15FO2/c1-18(2,13-6-4-3-5-7-13)17(20)16-11-12-10-14(19)8-9-15(12)21-16/h3-11H,1-2H3. The van der Waals surface area contributed by atoms with Crippen molar-refractivity contribution in [1.82, 2.24) is 0 Å². The Bertz CT molecular complexity index is 800. The molecule has 106 valence electrons. The highest BCUT2D eigenvalue weighted by atomic mass is 19.1. The normalized spacial score (nSPS) is 11.8. The van der Waals surface area contributed by atoms with Crippen LogP contribution >= 0.6 is 0 Å². The first-order chi connectivity index (χ1) is 9.98. The van der Waals surface area contributed by atoms with Crippen LogP contribution in [0.3, 0.4) is 0 Å². The van der Waals surface area contributed by atoms with Crippen LogP contribution in [0, 0.1) is 5.82 Å². The number of fused-ring (bicyclic) bond motifs is 1. The van der Waals surface area contributed by atoms with Gasteiger partial charge in [0.05, 0.1) is 5.41 Å². The number of benzene rings is 2. The van der Waals surface area contributed by atoms with Gasteiger partial charge in [0.2, 0.25) is 5.78 Å². The molecular formula is C18H15FO2. The largest absolute Gasteiger partial charge is 0.453 e. The lowest BCUT2D eigenvalue weighted by Gasteiger charge is -2.22. The van der Waals surface area contributed by atoms with E-state index in [1.54, 1.807) is 6.07 Å². The van der Waals surface area contributed by atoms with E-state index in [0.29, 0.717) is 11.0 Å². The van der Waals surface area contributed by atoms with Crippen molar-refractivity contribution in [2.45, 2.75) is 19.3 Å². The lowest BCUT2D eigenvalue weighted by Crippen LogP contribution is -2.28. The summed E-state index contributed by atoms with van der Waals surface area (Å²) in [6.45, 7) is 3.72. The van der Waals surface area contributed by atoms with Crippen LogP contribution in [0.1, 0.15) is 30.0 Å². The summed E-state index contributed by atoms with van der Waals surface area (Å²) in [7, 11) is 0. The zero-order valence-electron chi connectivity index (χ0n) is 11.9. The van der Waals surface area contributed by atoms with Gasteiger partial charge >= 0.3 is 0 Å². The van der Waals surface area contributed by atoms with Crippen LogP contribution in [-0.4, -0.2) is 5.78 Å². The summed E-state index contributed by atoms with van der Waals surface area (Å²) in [4.78, 5) is 12.7. The van der Waals surface area contributed by atoms with E-state index < -0.39 is 5.41 Å². The number of hydrogen-bond acceptors (Lipinski definition) is 2. The summed E-state index contributed by atoms with van der Waals surface area (Å²) in [5.41, 5.74) is 0.735. The van der Waals surface area contributed by atoms with E-state index in [1.807, 2.05) is 44.2 Å². The number of carbonyl (C=O) groups is 1. The van der Waals surface area contributed by atoms with Gasteiger partial charge in [0, 0.05) is 5.39 Å². The van der Waals surface area contributed by atoms with Gasteiger partial charge in [-0.05, 0) is 43.7 Å². The smallest absolute Gasteiger partial charge is 0.207 e. The third-order valence-corrected chi connectivity index (χ3v) is 3.77. The van der Waals surface area contributed by atoms with Crippen molar-refractivity contribution in [2.75, 3.05) is 0 Å². The van der Waals surface area contributed by atoms with E-state index in [2.05, 4.69) is 0 Å². The Balaban J connectivity index is 2.03. The van der Waals surface area contributed by atoms with E-state index in [0.717, 1.165) is 5.56 Å². The Morgan fingerprint density at radius 1 is 1.05 bits per heavy atom. The van der Waals surface area contributed by atoms with Crippen molar-refractivity contribution in [1.29, 1.82) is 0 Å². The average Bonchev–Trinajstić information content (AvgIpc) is 2.90. The molecule has 21 heavy (non-hydrogen) atoms. The van der Waals surface area contributed by atoms with Crippen LogP contribution in [0.5, 0.6) is 0 Å². The number of Topliss-reactive ketones (excluding diaryl/α,β-unsaturated/α-hetero) is 1. The van der Waals surface area contributed by atoms with Gasteiger partial charge in [0.15, 0.2) is 5.76 Å². The predicted octanol–water partition coefficient (Wildman–Crippen LogP) is 4.73. The van der Waals surface area contributed by atoms with Gasteiger partial charge in [-0.2, -0.15) is 0 Å². The minimum Gasteiger partial charge on any atom is -0.453 e. The first-order valence-electron chi connectivity index (χ1n) is 6.78. The summed E-state index contributed by atoms with van der Waals surface area (Å²) in [5, 5.41) is 0.599. The SMILES string of the molecule is CC(C)(C(=O)c1cc2cc(F)ccc2o1)c1ccccc1. The quantitative estimate of drug-likeness (QED) is 0.650. The van der Waals surface area contributed by atoms with Crippen LogP contribution in [0.15, 0.2) is 59.0 Å². The molecule has 0 aliphatic carbocycles. The number of hydrogen-bond donors (Lipinski definition) is 0. The molecule has 0 bridgehead atoms. The number of halogens is 1. The molecule has 3 aromatic rings. The first kappa shape index (κ1) is 13.6. The van der Waals surface area contributed by atoms with Crippen molar-refractivity contribution >= 4 is 16.8 Å². The van der Waals surface area contributed by atoms with Crippen molar-refractivity contribution in [3.63, 3.8) is 0 Å². The highest BCUT2D eigenvalue weighted by Crippen LogP contribution is 2.30. The Labute approximate surface area is 122 Å². The molecule has 2 aromatic carbocycles. The molecule has 0 radical (unpaired) electrons. The van der Waals surface area contributed by atoms with Gasteiger partial charge in [-0.3, -0.25) is 4.79 Å². The topological polar surface area (TPSA) is 30.2 Å². The van der Waals surface area contributed by atoms with Crippen molar-refractivity contribution in [3.05, 3.63) is 71.7 Å². The molecule has 0 aliphatic rings. The lowest BCUT2D eigenvalue weighted by atomic mass is 9.80. The Hall–Kier alpha value is -2.42. The monoisotopic (exact) mass is 282 g/mol. The molecule has 1 heterocycles. The average molecular weight is 282 g/mol. The molecule has 0 N–H and O–H groups in total. The Kier molecular flexibility index (Phi) is 3.13. The third kappa shape index (κ3) is 2.35. The molecule has 2 nitrogen and oxygen atoms in total. The Morgan fingerprint density at radius 3 is 2.48 bits per heavy atom. The summed E-state index contributed by atoms with van der Waals surface area (Å²) in [6.07, 6.45) is 0. The van der Waals surface area contributed by atoms with Gasteiger partial charge < -0.3 is 4.42 Å². The molecule has 0 atom stereocenters. The Morgan fingerprint density at radius 2 is 1.76 bits per heavy atom. The fourth-order valence-corrected chi connectivity index (χ4v) is 2.42. The van der Waals surface area contributed by atoms with E-state index in [1.165, 1.54) is 18.2 Å². The van der Waals surface area contributed by atoms with Gasteiger partial charge in [-0.1, -0.05) is 30.3 Å². The zero-order valence-corrected chi connectivity index (χ0v) is 11.9. The maximum Gasteiger partial charge on any atom is 0.207 e.